The summed E-state index contributed by atoms with van der Waals surface area (Å²) in [4.78, 5) is 44.0. The zero-order chi connectivity index (χ0) is 74.2. The Morgan fingerprint density at radius 2 is 0.481 bits per heavy atom. The van der Waals surface area contributed by atoms with Crippen LogP contribution in [0.15, 0.2) is 109 Å². The number of aromatic amines is 2. The van der Waals surface area contributed by atoms with Gasteiger partial charge in [-0.2, -0.15) is 0 Å². The van der Waals surface area contributed by atoms with E-state index in [0.717, 1.165) is 141 Å². The summed E-state index contributed by atoms with van der Waals surface area (Å²) in [6.45, 7) is 11.4. The van der Waals surface area contributed by atoms with E-state index in [4.69, 9.17) is 28.9 Å². The molecule has 0 radical (unpaired) electrons. The summed E-state index contributed by atoms with van der Waals surface area (Å²) in [6, 6.07) is 35.0. The van der Waals surface area contributed by atoms with Crippen molar-refractivity contribution in [3.8, 4) is 67.5 Å². The molecule has 0 saturated carbocycles. The second-order valence-electron chi connectivity index (χ2n) is 29.8. The Hall–Kier alpha value is -8.38. The first-order chi connectivity index (χ1) is 52.1. The quantitative estimate of drug-likeness (QED) is 0.0269. The molecule has 0 unspecified atom stereocenters. The average molecular weight is 1440 g/mol. The Kier molecular flexibility index (Phi) is 35.9. The van der Waals surface area contributed by atoms with Crippen molar-refractivity contribution in [2.75, 3.05) is 26.4 Å². The lowest BCUT2D eigenvalue weighted by molar-refractivity contribution is 0.0686. The number of nitrogens with zero attached hydrogens (tertiary/aromatic N) is 2. The molecule has 9 rings (SSSR count). The summed E-state index contributed by atoms with van der Waals surface area (Å²) in [6.07, 6.45) is 57.6. The van der Waals surface area contributed by atoms with Crippen molar-refractivity contribution >= 4 is 58.3 Å². The van der Waals surface area contributed by atoms with Gasteiger partial charge in [0.15, 0.2) is 0 Å². The molecule has 0 amide bonds. The molecular weight excluding hydrogens is 1310 g/mol. The minimum Gasteiger partial charge on any atom is -0.493 e. The zero-order valence-electron chi connectivity index (χ0n) is 65.1. The highest BCUT2D eigenvalue weighted by Gasteiger charge is 2.22. The van der Waals surface area contributed by atoms with Crippen LogP contribution in [0.25, 0.3) is 90.9 Å². The van der Waals surface area contributed by atoms with Crippen molar-refractivity contribution < 1.29 is 38.7 Å². The van der Waals surface area contributed by atoms with E-state index in [9.17, 15) is 19.8 Å². The number of benzene rings is 4. The van der Waals surface area contributed by atoms with Crippen LogP contribution in [0, 0.1) is 0 Å². The summed E-state index contributed by atoms with van der Waals surface area (Å²) >= 11 is 0. The van der Waals surface area contributed by atoms with Gasteiger partial charge in [0.25, 0.3) is 0 Å². The number of hydrogen-bond acceptors (Lipinski definition) is 8. The van der Waals surface area contributed by atoms with Crippen molar-refractivity contribution in [1.29, 1.82) is 0 Å². The van der Waals surface area contributed by atoms with E-state index in [1.807, 2.05) is 36.4 Å². The second-order valence-corrected chi connectivity index (χ2v) is 29.8. The Morgan fingerprint density at radius 3 is 0.698 bits per heavy atom. The van der Waals surface area contributed by atoms with E-state index >= 15 is 0 Å². The molecule has 0 fully saturated rings. The third kappa shape index (κ3) is 26.5. The zero-order valence-corrected chi connectivity index (χ0v) is 65.1. The number of ether oxygens (including phenoxy) is 4. The number of carbonyl (C=O) groups is 2. The average Bonchev–Trinajstić information content (AvgIpc) is 1.60. The van der Waals surface area contributed by atoms with E-state index < -0.39 is 11.9 Å². The van der Waals surface area contributed by atoms with E-state index in [2.05, 4.69) is 110 Å². The first kappa shape index (κ1) is 81.7. The van der Waals surface area contributed by atoms with Crippen LogP contribution in [0.5, 0.6) is 23.0 Å². The van der Waals surface area contributed by atoms with Crippen molar-refractivity contribution in [2.24, 2.45) is 0 Å². The van der Waals surface area contributed by atoms with Crippen LogP contribution in [0.4, 0.5) is 0 Å². The smallest absolute Gasteiger partial charge is 0.335 e. The molecular formula is C94H126N4O8. The molecule has 3 aromatic heterocycles. The molecule has 4 N–H and O–H groups in total. The summed E-state index contributed by atoms with van der Waals surface area (Å²) in [5, 5.41) is 20.4. The number of nitrogens with one attached hydrogen (secondary N) is 2. The summed E-state index contributed by atoms with van der Waals surface area (Å²) < 4.78 is 27.1. The number of hydrogen-bond donors (Lipinski definition) is 4. The third-order valence-corrected chi connectivity index (χ3v) is 21.0. The number of H-pyrrole nitrogens is 2. The SMILES string of the molecule is CCCCCCCCCCCCOc1cc(OCCCCCCCCCCCC)cc(-c2c3nc(c(-c4ccc(C(=O)O)cc4)c4ccc([nH]4)c(-c4cc(OCCCCCCCCCCCC)cc(OCCCCCCCCCCCC)c4)c4nc(c(-c5ccc(C(=O)O)cc5)c5ccc2[nH]5)C=C4)C=C3)c1. The predicted octanol–water partition coefficient (Wildman–Crippen LogP) is 27.9. The minimum absolute atomic E-state index is 0.185. The van der Waals surface area contributed by atoms with Gasteiger partial charge in [0, 0.05) is 56.5 Å². The number of aromatic carboxylic acids is 2. The number of fused-ring (bicyclic) bond motifs is 8. The maximum atomic E-state index is 12.5. The van der Waals surface area contributed by atoms with Gasteiger partial charge in [0.1, 0.15) is 23.0 Å². The van der Waals surface area contributed by atoms with Crippen LogP contribution in [-0.2, 0) is 0 Å². The van der Waals surface area contributed by atoms with Gasteiger partial charge < -0.3 is 39.1 Å². The van der Waals surface area contributed by atoms with Gasteiger partial charge in [0.2, 0.25) is 0 Å². The summed E-state index contributed by atoms with van der Waals surface area (Å²) in [5.74, 6) is 0.881. The third-order valence-electron chi connectivity index (χ3n) is 21.0. The van der Waals surface area contributed by atoms with Crippen LogP contribution in [0.1, 0.15) is 328 Å². The van der Waals surface area contributed by atoms with Crippen LogP contribution < -0.4 is 18.9 Å². The van der Waals surface area contributed by atoms with Gasteiger partial charge in [-0.3, -0.25) is 0 Å². The summed E-state index contributed by atoms with van der Waals surface area (Å²) in [5.41, 5.74) is 12.7. The van der Waals surface area contributed by atoms with Crippen molar-refractivity contribution in [3.63, 3.8) is 0 Å². The van der Waals surface area contributed by atoms with E-state index in [0.29, 0.717) is 49.2 Å². The highest BCUT2D eigenvalue weighted by molar-refractivity contribution is 6.01. The molecule has 2 aliphatic rings. The van der Waals surface area contributed by atoms with Crippen LogP contribution in [0.3, 0.4) is 0 Å². The monoisotopic (exact) mass is 1440 g/mol. The number of aromatic nitrogens is 4. The van der Waals surface area contributed by atoms with Crippen LogP contribution >= 0.6 is 0 Å². The molecule has 12 nitrogen and oxygen atoms in total. The van der Waals surface area contributed by atoms with Crippen molar-refractivity contribution in [2.45, 2.75) is 285 Å². The topological polar surface area (TPSA) is 169 Å². The van der Waals surface area contributed by atoms with Crippen molar-refractivity contribution in [3.05, 3.63) is 143 Å². The molecule has 12 heteroatoms. The Morgan fingerprint density at radius 1 is 0.274 bits per heavy atom. The maximum Gasteiger partial charge on any atom is 0.335 e. The molecule has 0 atom stereocenters. The minimum atomic E-state index is -1.00. The fourth-order valence-electron chi connectivity index (χ4n) is 14.9. The van der Waals surface area contributed by atoms with Gasteiger partial charge in [0.05, 0.1) is 60.3 Å². The highest BCUT2D eigenvalue weighted by atomic mass is 16.5. The fourth-order valence-corrected chi connectivity index (χ4v) is 14.9. The van der Waals surface area contributed by atoms with Crippen LogP contribution in [0.2, 0.25) is 0 Å². The number of carboxylic acid groups (broad SMARTS) is 2. The normalized spacial score (nSPS) is 11.8. The Balaban J connectivity index is 1.16. The van der Waals surface area contributed by atoms with Gasteiger partial charge in [-0.1, -0.05) is 283 Å². The molecule has 0 spiro atoms. The van der Waals surface area contributed by atoms with Gasteiger partial charge >= 0.3 is 11.9 Å². The predicted molar refractivity (Wildman–Crippen MR) is 444 cm³/mol. The molecule has 0 aliphatic carbocycles. The lowest BCUT2D eigenvalue weighted by atomic mass is 10.0. The summed E-state index contributed by atoms with van der Waals surface area (Å²) in [7, 11) is 0. The first-order valence-corrected chi connectivity index (χ1v) is 41.8. The second kappa shape index (κ2) is 46.6. The molecule has 0 saturated heterocycles. The standard InChI is InChI=1S/C94H126N4O8/c1-5-9-13-17-21-25-29-33-37-41-61-103-77-65-75(66-78(69-77)104-62-42-38-34-30-26-22-18-14-10-6-2)91-85-57-53-81(95-85)89(71-45-49-73(50-46-71)93(99)100)83-55-59-87(97-83)92(88-60-56-84(98-88)90(82-54-58-86(91)96-82)72-47-51-74(52-48-72)94(101)102)76-67-79(105-63-43-39-35-31-27-23-19-15-11-7-3)70-80(68-76)106-64-44-40-36-32-28-24-20-16-12-8-4/h45-60,65-70,95,98H,5-44,61-64H2,1-4H3,(H,99,100)(H,101,102). The van der Waals surface area contributed by atoms with Gasteiger partial charge in [-0.25, -0.2) is 19.6 Å². The first-order valence-electron chi connectivity index (χ1n) is 41.8. The molecule has 8 bridgehead atoms. The maximum absolute atomic E-state index is 12.5. The molecule has 5 heterocycles. The molecule has 4 aromatic carbocycles. The van der Waals surface area contributed by atoms with Gasteiger partial charge in [-0.05, 0) is 145 Å². The van der Waals surface area contributed by atoms with E-state index in [-0.39, 0.29) is 11.1 Å². The molecule has 570 valence electrons. The number of carboxylic acids is 2. The molecule has 7 aromatic rings. The van der Waals surface area contributed by atoms with E-state index in [1.165, 1.54) is 205 Å². The molecule has 106 heavy (non-hydrogen) atoms. The largest absolute Gasteiger partial charge is 0.493 e. The fraction of sp³-hybridized carbons (Fsp3) is 0.511. The van der Waals surface area contributed by atoms with Crippen molar-refractivity contribution in [1.82, 2.24) is 19.9 Å². The Bertz CT molecular complexity index is 3660. The number of rotatable bonds is 54. The number of unbranched alkanes of at least 4 members (excludes halogenated alkanes) is 36. The highest BCUT2D eigenvalue weighted by Crippen LogP contribution is 2.42. The van der Waals surface area contributed by atoms with Gasteiger partial charge in [-0.15, -0.1) is 0 Å². The molecule has 2 aliphatic heterocycles. The van der Waals surface area contributed by atoms with E-state index in [1.54, 1.807) is 24.3 Å². The lowest BCUT2D eigenvalue weighted by Gasteiger charge is -2.14. The Labute approximate surface area is 635 Å². The lowest BCUT2D eigenvalue weighted by Crippen LogP contribution is -2.01. The van der Waals surface area contributed by atoms with Crippen LogP contribution in [-0.4, -0.2) is 68.5 Å².